The zero-order valence-electron chi connectivity index (χ0n) is 7.50. The maximum Gasteiger partial charge on any atom is 0.505 e. The Labute approximate surface area is 92.2 Å². The molecule has 0 saturated heterocycles. The highest BCUT2D eigenvalue weighted by Gasteiger charge is 1.97. The molecule has 0 aliphatic rings. The third-order valence-corrected chi connectivity index (χ3v) is 3.10. The lowest BCUT2D eigenvalue weighted by atomic mass is 10.3. The molecule has 0 amide bonds. The van der Waals surface area contributed by atoms with Crippen LogP contribution in [0.2, 0.25) is 4.55 Å². The molecule has 0 aliphatic carbocycles. The van der Waals surface area contributed by atoms with E-state index in [9.17, 15) is 0 Å². The van der Waals surface area contributed by atoms with Gasteiger partial charge in [0.05, 0.1) is 0 Å². The molecule has 0 radical (unpaired) electrons. The van der Waals surface area contributed by atoms with Crippen molar-refractivity contribution >= 4 is 28.3 Å². The van der Waals surface area contributed by atoms with Crippen LogP contribution in [0.15, 0.2) is 42.5 Å². The predicted molar refractivity (Wildman–Crippen MR) is 57.5 cm³/mol. The summed E-state index contributed by atoms with van der Waals surface area (Å²) in [6.07, 6.45) is 0. The summed E-state index contributed by atoms with van der Waals surface area (Å²) in [6.45, 7) is 4.47. The van der Waals surface area contributed by atoms with Gasteiger partial charge in [0.25, 0.3) is 0 Å². The van der Waals surface area contributed by atoms with Crippen molar-refractivity contribution in [2.24, 2.45) is 0 Å². The molecule has 0 aromatic heterocycles. The average Bonchev–Trinajstić information content (AvgIpc) is 2.17. The smallest absolute Gasteiger partial charge is 0.489 e. The number of para-hydroxylation sites is 1. The van der Waals surface area contributed by atoms with Crippen LogP contribution in [0.25, 0.3) is 0 Å². The lowest BCUT2D eigenvalue weighted by molar-refractivity contribution is 0.352. The molecule has 1 nitrogen and oxygen atoms in total. The van der Waals surface area contributed by atoms with Gasteiger partial charge in [0, 0.05) is 0 Å². The Hall–Kier alpha value is -0.184. The fraction of sp³-hybridized carbons (Fsp3) is 0.200. The normalized spacial score (nSPS) is 9.00. The summed E-state index contributed by atoms with van der Waals surface area (Å²) in [5, 5.41) is 0. The van der Waals surface area contributed by atoms with Gasteiger partial charge in [0.2, 0.25) is 0 Å². The number of benzene rings is 1. The maximum atomic E-state index is 5.70. The van der Waals surface area contributed by atoms with Crippen LogP contribution in [-0.2, 0) is 0 Å². The standard InChI is InChI=1S/C10H11O.ClH.Mg/c1-9(2)8-11-10-6-4-3-5-7-10;;/h3-7H,1-2,8H2;1H;/q;;+1/p-1. The highest BCUT2D eigenvalue weighted by molar-refractivity contribution is 6.93. The molecule has 66 valence electrons. The molecule has 1 aromatic rings. The summed E-state index contributed by atoms with van der Waals surface area (Å²) in [7, 11) is 5.70. The highest BCUT2D eigenvalue weighted by atomic mass is 35.5. The first-order valence-corrected chi connectivity index (χ1v) is 7.37. The molecule has 0 heterocycles. The van der Waals surface area contributed by atoms with Gasteiger partial charge < -0.3 is 13.8 Å². The van der Waals surface area contributed by atoms with Crippen molar-refractivity contribution < 1.29 is 4.74 Å². The van der Waals surface area contributed by atoms with E-state index in [2.05, 4.69) is 6.58 Å². The van der Waals surface area contributed by atoms with E-state index >= 15 is 0 Å². The molecule has 0 bridgehead atoms. The van der Waals surface area contributed by atoms with Crippen LogP contribution >= 0.6 is 9.07 Å². The largest absolute Gasteiger partial charge is 0.505 e. The molecule has 13 heavy (non-hydrogen) atoms. The summed E-state index contributed by atoms with van der Waals surface area (Å²) in [5.41, 5.74) is 1.09. The summed E-state index contributed by atoms with van der Waals surface area (Å²) in [5.74, 6) is 0.889. The summed E-state index contributed by atoms with van der Waals surface area (Å²) in [4.78, 5) is 0. The molecule has 0 N–H and O–H groups in total. The lowest BCUT2D eigenvalue weighted by Crippen LogP contribution is -2.00. The number of rotatable bonds is 5. The van der Waals surface area contributed by atoms with Gasteiger partial charge in [-0.2, -0.15) is 0 Å². The SMILES string of the molecule is C=C(COc1ccccc1)[CH2][Mg][Cl]. The van der Waals surface area contributed by atoms with Gasteiger partial charge in [0.1, 0.15) is 12.4 Å². The molecular weight excluding hydrogens is 196 g/mol. The second-order valence-corrected chi connectivity index (χ2v) is 4.80. The van der Waals surface area contributed by atoms with Crippen LogP contribution in [0.3, 0.4) is 0 Å². The predicted octanol–water partition coefficient (Wildman–Crippen LogP) is 2.90. The van der Waals surface area contributed by atoms with E-state index in [1.807, 2.05) is 30.3 Å². The molecular formula is C10H11ClMgO. The number of ether oxygens (including phenoxy) is 1. The summed E-state index contributed by atoms with van der Waals surface area (Å²) in [6, 6.07) is 9.74. The van der Waals surface area contributed by atoms with Gasteiger partial charge in [-0.1, -0.05) is 34.9 Å². The number of halogens is 1. The molecule has 1 aromatic carbocycles. The van der Waals surface area contributed by atoms with E-state index in [1.54, 1.807) is 0 Å². The Balaban J connectivity index is 2.31. The summed E-state index contributed by atoms with van der Waals surface area (Å²) < 4.78 is 6.44. The fourth-order valence-corrected chi connectivity index (χ4v) is 2.12. The van der Waals surface area contributed by atoms with Gasteiger partial charge in [-0.3, -0.25) is 0 Å². The van der Waals surface area contributed by atoms with Crippen molar-refractivity contribution in [2.75, 3.05) is 6.61 Å². The quantitative estimate of drug-likeness (QED) is 0.532. The van der Waals surface area contributed by atoms with Crippen LogP contribution in [0, 0.1) is 0 Å². The molecule has 3 heteroatoms. The molecule has 0 fully saturated rings. The van der Waals surface area contributed by atoms with Crippen LogP contribution in [-0.4, -0.2) is 25.9 Å². The Morgan fingerprint density at radius 1 is 1.38 bits per heavy atom. The van der Waals surface area contributed by atoms with Crippen molar-refractivity contribution in [3.8, 4) is 5.75 Å². The Bertz CT molecular complexity index is 261. The Morgan fingerprint density at radius 3 is 2.69 bits per heavy atom. The molecule has 0 atom stereocenters. The van der Waals surface area contributed by atoms with Gasteiger partial charge >= 0.3 is 19.3 Å². The van der Waals surface area contributed by atoms with E-state index in [0.29, 0.717) is 6.61 Å². The van der Waals surface area contributed by atoms with Crippen LogP contribution < -0.4 is 4.74 Å². The minimum atomic E-state index is -0.441. The van der Waals surface area contributed by atoms with E-state index in [1.165, 1.54) is 0 Å². The molecule has 0 saturated carbocycles. The van der Waals surface area contributed by atoms with Crippen molar-refractivity contribution in [2.45, 2.75) is 4.55 Å². The van der Waals surface area contributed by atoms with Gasteiger partial charge in [-0.15, -0.1) is 0 Å². The van der Waals surface area contributed by atoms with Crippen molar-refractivity contribution in [3.63, 3.8) is 0 Å². The lowest BCUT2D eigenvalue weighted by Gasteiger charge is -2.06. The topological polar surface area (TPSA) is 9.23 Å². The van der Waals surface area contributed by atoms with Crippen LogP contribution in [0.4, 0.5) is 0 Å². The third kappa shape index (κ3) is 4.55. The van der Waals surface area contributed by atoms with Crippen molar-refractivity contribution in [1.82, 2.24) is 0 Å². The van der Waals surface area contributed by atoms with Gasteiger partial charge in [-0.05, 0) is 12.1 Å². The van der Waals surface area contributed by atoms with Crippen molar-refractivity contribution in [1.29, 1.82) is 0 Å². The fourth-order valence-electron chi connectivity index (χ4n) is 0.908. The van der Waals surface area contributed by atoms with Crippen molar-refractivity contribution in [3.05, 3.63) is 42.5 Å². The first-order chi connectivity index (χ1) is 6.33. The van der Waals surface area contributed by atoms with E-state index in [0.717, 1.165) is 15.9 Å². The third-order valence-electron chi connectivity index (χ3n) is 1.63. The number of hydrogen-bond donors (Lipinski definition) is 0. The monoisotopic (exact) mass is 206 g/mol. The molecule has 0 aliphatic heterocycles. The minimum absolute atomic E-state index is 0.441. The van der Waals surface area contributed by atoms with E-state index in [-0.39, 0.29) is 0 Å². The minimum Gasteiger partial charge on any atom is -0.489 e. The first kappa shape index (κ1) is 10.9. The van der Waals surface area contributed by atoms with Gasteiger partial charge in [0.15, 0.2) is 0 Å². The zero-order chi connectivity index (χ0) is 9.52. The second-order valence-electron chi connectivity index (χ2n) is 2.79. The first-order valence-electron chi connectivity index (χ1n) is 4.23. The highest BCUT2D eigenvalue weighted by Crippen LogP contribution is 2.10. The zero-order valence-corrected chi connectivity index (χ0v) is 9.67. The average molecular weight is 207 g/mol. The Morgan fingerprint density at radius 2 is 2.08 bits per heavy atom. The molecule has 1 rings (SSSR count). The summed E-state index contributed by atoms with van der Waals surface area (Å²) >= 11 is -0.441. The molecule has 0 unspecified atom stereocenters. The number of hydrogen-bond acceptors (Lipinski definition) is 1. The second kappa shape index (κ2) is 6.30. The maximum absolute atomic E-state index is 5.70. The van der Waals surface area contributed by atoms with Crippen LogP contribution in [0.5, 0.6) is 5.75 Å². The van der Waals surface area contributed by atoms with E-state index < -0.39 is 19.3 Å². The molecule has 0 spiro atoms. The van der Waals surface area contributed by atoms with Crippen LogP contribution in [0.1, 0.15) is 0 Å². The van der Waals surface area contributed by atoms with Gasteiger partial charge in [-0.25, -0.2) is 0 Å². The Kier molecular flexibility index (Phi) is 5.28. The van der Waals surface area contributed by atoms with E-state index in [4.69, 9.17) is 13.8 Å².